The summed E-state index contributed by atoms with van der Waals surface area (Å²) in [7, 11) is 1.88. The van der Waals surface area contributed by atoms with Crippen LogP contribution in [0.5, 0.6) is 0 Å². The van der Waals surface area contributed by atoms with Gasteiger partial charge in [-0.15, -0.1) is 0 Å². The molecule has 0 radical (unpaired) electrons. The van der Waals surface area contributed by atoms with Gasteiger partial charge in [0.1, 0.15) is 12.1 Å². The highest BCUT2D eigenvalue weighted by molar-refractivity contribution is 5.71. The van der Waals surface area contributed by atoms with Crippen LogP contribution in [0.3, 0.4) is 0 Å². The summed E-state index contributed by atoms with van der Waals surface area (Å²) in [5.41, 5.74) is 5.18. The summed E-state index contributed by atoms with van der Waals surface area (Å²) in [6, 6.07) is 2.88. The zero-order valence-corrected chi connectivity index (χ0v) is 16.6. The number of alkyl halides is 3. The van der Waals surface area contributed by atoms with Gasteiger partial charge in [-0.3, -0.25) is 4.90 Å². The summed E-state index contributed by atoms with van der Waals surface area (Å²) >= 11 is 0. The molecule has 1 amide bonds. The van der Waals surface area contributed by atoms with E-state index in [0.29, 0.717) is 30.5 Å². The molecule has 2 aromatic rings. The van der Waals surface area contributed by atoms with Crippen molar-refractivity contribution in [2.24, 2.45) is 5.73 Å². The third-order valence-electron chi connectivity index (χ3n) is 5.08. The van der Waals surface area contributed by atoms with Crippen molar-refractivity contribution in [3.05, 3.63) is 58.2 Å². The Morgan fingerprint density at radius 2 is 2.03 bits per heavy atom. The minimum absolute atomic E-state index is 0.119. The minimum atomic E-state index is -4.66. The summed E-state index contributed by atoms with van der Waals surface area (Å²) in [6.07, 6.45) is 0.715. The lowest BCUT2D eigenvalue weighted by Gasteiger charge is -2.16. The predicted octanol–water partition coefficient (Wildman–Crippen LogP) is 1.19. The number of carbonyl (C=O) groups is 1. The molecule has 0 saturated carbocycles. The zero-order valence-electron chi connectivity index (χ0n) is 16.6. The number of hydrogen-bond donors (Lipinski definition) is 2. The Labute approximate surface area is 175 Å². The maximum absolute atomic E-state index is 13.4. The van der Waals surface area contributed by atoms with E-state index in [2.05, 4.69) is 9.97 Å². The van der Waals surface area contributed by atoms with Gasteiger partial charge in [0, 0.05) is 49.2 Å². The zero-order chi connectivity index (χ0) is 22.8. The summed E-state index contributed by atoms with van der Waals surface area (Å²) < 4.78 is 50.7. The number of fused-ring (bicyclic) bond motifs is 1. The number of hydrogen-bond acceptors (Lipinski definition) is 5. The van der Waals surface area contributed by atoms with Gasteiger partial charge in [-0.2, -0.15) is 13.2 Å². The fourth-order valence-electron chi connectivity index (χ4n) is 3.52. The second-order valence-electron chi connectivity index (χ2n) is 7.36. The fraction of sp³-hybridized carbons (Fsp3) is 0.350. The van der Waals surface area contributed by atoms with E-state index in [1.807, 2.05) is 11.9 Å². The summed E-state index contributed by atoms with van der Waals surface area (Å²) in [5, 5.41) is 10.2. The normalized spacial score (nSPS) is 20.8. The molecule has 0 aliphatic carbocycles. The van der Waals surface area contributed by atoms with Gasteiger partial charge in [0.2, 0.25) is 0 Å². The first-order chi connectivity index (χ1) is 14.6. The van der Waals surface area contributed by atoms with Crippen LogP contribution in [0, 0.1) is 5.82 Å². The minimum Gasteiger partial charge on any atom is -0.465 e. The largest absolute Gasteiger partial charge is 0.465 e. The van der Waals surface area contributed by atoms with E-state index >= 15 is 0 Å². The second-order valence-corrected chi connectivity index (χ2v) is 7.36. The van der Waals surface area contributed by atoms with Crippen LogP contribution in [-0.2, 0) is 6.18 Å². The van der Waals surface area contributed by atoms with E-state index < -0.39 is 23.7 Å². The molecule has 3 N–H and O–H groups in total. The quantitative estimate of drug-likeness (QED) is 0.649. The van der Waals surface area contributed by atoms with E-state index in [1.54, 1.807) is 12.3 Å². The molecule has 1 fully saturated rings. The molecular formula is C20H21F4N5O2. The van der Waals surface area contributed by atoms with Gasteiger partial charge in [0.05, 0.1) is 10.9 Å². The third-order valence-corrected chi connectivity index (χ3v) is 5.08. The van der Waals surface area contributed by atoms with Crippen molar-refractivity contribution in [3.8, 4) is 0 Å². The van der Waals surface area contributed by atoms with Crippen molar-refractivity contribution in [1.29, 1.82) is 0 Å². The Kier molecular flexibility index (Phi) is 6.56. The lowest BCUT2D eigenvalue weighted by atomic mass is 9.94. The first-order valence-corrected chi connectivity index (χ1v) is 9.34. The maximum Gasteiger partial charge on any atom is 0.419 e. The molecule has 1 aromatic carbocycles. The number of rotatable bonds is 1. The van der Waals surface area contributed by atoms with Crippen molar-refractivity contribution >= 4 is 18.4 Å². The lowest BCUT2D eigenvalue weighted by molar-refractivity contribution is -0.140. The second kappa shape index (κ2) is 8.98. The van der Waals surface area contributed by atoms with E-state index in [0.717, 1.165) is 17.4 Å². The van der Waals surface area contributed by atoms with Crippen LogP contribution in [0.1, 0.15) is 17.0 Å². The molecule has 2 atom stereocenters. The number of carboxylic acid groups (broad SMARTS) is 1. The Bertz CT molecular complexity index is 1080. The van der Waals surface area contributed by atoms with Crippen molar-refractivity contribution in [2.75, 3.05) is 26.7 Å². The van der Waals surface area contributed by atoms with Crippen LogP contribution in [0.15, 0.2) is 30.7 Å². The number of nitrogens with two attached hydrogens (primary N) is 1. The standard InChI is InChI=1S/C12H14F4N2.C8H7N3O2/c1-18-5-8(11(17)6-18)7-2-3-9(10(13)4-7)12(14,15)16;12-8(13)11-2-1-6-3-9-5-10-7(6)4-11/h2-4,8,11H,5-6,17H2,1H3;1,3-5H,2H2,(H,12,13)/t8-,11+;/m0./s1. The molecule has 2 aliphatic rings. The van der Waals surface area contributed by atoms with E-state index in [9.17, 15) is 22.4 Å². The molecule has 1 aromatic heterocycles. The molecule has 1 saturated heterocycles. The van der Waals surface area contributed by atoms with Gasteiger partial charge in [-0.05, 0) is 24.7 Å². The van der Waals surface area contributed by atoms with Gasteiger partial charge < -0.3 is 15.7 Å². The molecule has 11 heteroatoms. The van der Waals surface area contributed by atoms with Crippen molar-refractivity contribution in [1.82, 2.24) is 19.8 Å². The molecule has 4 rings (SSSR count). The van der Waals surface area contributed by atoms with Crippen LogP contribution >= 0.6 is 0 Å². The highest BCUT2D eigenvalue weighted by Gasteiger charge is 2.35. The summed E-state index contributed by atoms with van der Waals surface area (Å²) in [4.78, 5) is 21.5. The van der Waals surface area contributed by atoms with E-state index in [1.165, 1.54) is 23.5 Å². The molecule has 0 bridgehead atoms. The Balaban J connectivity index is 0.000000185. The topological polar surface area (TPSA) is 95.6 Å². The van der Waals surface area contributed by atoms with Crippen molar-refractivity contribution in [2.45, 2.75) is 18.1 Å². The predicted molar refractivity (Wildman–Crippen MR) is 105 cm³/mol. The molecule has 2 aliphatic heterocycles. The monoisotopic (exact) mass is 439 g/mol. The summed E-state index contributed by atoms with van der Waals surface area (Å²) in [6.45, 7) is 1.65. The average Bonchev–Trinajstić information content (AvgIpc) is 3.05. The van der Waals surface area contributed by atoms with Crippen LogP contribution in [-0.4, -0.2) is 63.7 Å². The number of likely N-dealkylation sites (N-methyl/N-ethyl adjacent to an activating group) is 1. The number of amides is 1. The average molecular weight is 439 g/mol. The number of halogens is 4. The van der Waals surface area contributed by atoms with Crippen molar-refractivity contribution < 1.29 is 27.5 Å². The Morgan fingerprint density at radius 1 is 1.29 bits per heavy atom. The third kappa shape index (κ3) is 5.36. The smallest absolute Gasteiger partial charge is 0.419 e. The van der Waals surface area contributed by atoms with E-state index in [4.69, 9.17) is 10.8 Å². The highest BCUT2D eigenvalue weighted by Crippen LogP contribution is 2.34. The number of likely N-dealkylation sites (tertiary alicyclic amines) is 1. The van der Waals surface area contributed by atoms with Crippen molar-refractivity contribution in [3.63, 3.8) is 0 Å². The number of nitrogens with zero attached hydrogens (tertiary/aromatic N) is 4. The maximum atomic E-state index is 13.4. The summed E-state index contributed by atoms with van der Waals surface area (Å²) in [5.74, 6) is -1.35. The SMILES string of the molecule is CN1C[C@@H](N)[C@H](c2ccc(C(F)(F)F)c(F)c2)C1.O=C(O)N1C=c2ncncc2=CC1. The van der Waals surface area contributed by atoms with Gasteiger partial charge in [0.15, 0.2) is 0 Å². The molecule has 166 valence electrons. The molecule has 31 heavy (non-hydrogen) atoms. The van der Waals surface area contributed by atoms with Crippen LogP contribution in [0.4, 0.5) is 22.4 Å². The van der Waals surface area contributed by atoms with E-state index in [-0.39, 0.29) is 12.0 Å². The lowest BCUT2D eigenvalue weighted by Crippen LogP contribution is -2.39. The van der Waals surface area contributed by atoms with Crippen LogP contribution in [0.25, 0.3) is 12.3 Å². The molecule has 0 unspecified atom stereocenters. The fourth-order valence-corrected chi connectivity index (χ4v) is 3.52. The number of aromatic nitrogens is 2. The first kappa shape index (κ1) is 22.6. The van der Waals surface area contributed by atoms with Gasteiger partial charge in [-0.1, -0.05) is 12.1 Å². The molecular weight excluding hydrogens is 418 g/mol. The van der Waals surface area contributed by atoms with Crippen LogP contribution in [0.2, 0.25) is 0 Å². The molecule has 3 heterocycles. The Hall–Kier alpha value is -3.05. The first-order valence-electron chi connectivity index (χ1n) is 9.34. The highest BCUT2D eigenvalue weighted by atomic mass is 19.4. The Morgan fingerprint density at radius 3 is 2.61 bits per heavy atom. The molecule has 7 nitrogen and oxygen atoms in total. The van der Waals surface area contributed by atoms with Gasteiger partial charge in [-0.25, -0.2) is 19.2 Å². The number of benzene rings is 1. The van der Waals surface area contributed by atoms with Gasteiger partial charge in [0.25, 0.3) is 0 Å². The molecule has 0 spiro atoms. The van der Waals surface area contributed by atoms with Gasteiger partial charge >= 0.3 is 12.3 Å². The van der Waals surface area contributed by atoms with Crippen LogP contribution < -0.4 is 16.3 Å².